The average molecular weight is 325 g/mol. The highest BCUT2D eigenvalue weighted by Crippen LogP contribution is 2.32. The summed E-state index contributed by atoms with van der Waals surface area (Å²) < 4.78 is 7.02. The summed E-state index contributed by atoms with van der Waals surface area (Å²) in [5.41, 5.74) is 0.681. The fourth-order valence-corrected chi connectivity index (χ4v) is 3.06. The van der Waals surface area contributed by atoms with Crippen LogP contribution in [-0.4, -0.2) is 11.9 Å². The lowest BCUT2D eigenvalue weighted by molar-refractivity contribution is 0.0994. The lowest BCUT2D eigenvalue weighted by Gasteiger charge is -2.28. The van der Waals surface area contributed by atoms with Crippen molar-refractivity contribution < 1.29 is 9.53 Å². The van der Waals surface area contributed by atoms with Crippen LogP contribution in [0.25, 0.3) is 0 Å². The minimum Gasteiger partial charge on any atom is -0.490 e. The first kappa shape index (κ1) is 14.6. The van der Waals surface area contributed by atoms with Gasteiger partial charge in [-0.05, 0) is 56.7 Å². The Hall–Kier alpha value is -0.830. The maximum absolute atomic E-state index is 11.6. The normalized spacial score (nSPS) is 23.1. The molecule has 2 rings (SSSR count). The number of ether oxygens (including phenoxy) is 1. The molecule has 1 fully saturated rings. The Kier molecular flexibility index (Phi) is 5.03. The van der Waals surface area contributed by atoms with Crippen LogP contribution in [0.5, 0.6) is 5.75 Å². The Bertz CT molecular complexity index is 448. The molecule has 104 valence electrons. The third kappa shape index (κ3) is 3.82. The van der Waals surface area contributed by atoms with Gasteiger partial charge in [-0.1, -0.05) is 29.3 Å². The van der Waals surface area contributed by atoms with Gasteiger partial charge in [0.15, 0.2) is 5.78 Å². The summed E-state index contributed by atoms with van der Waals surface area (Å²) in [5, 5.41) is 0. The molecule has 2 nitrogen and oxygen atoms in total. The zero-order valence-corrected chi connectivity index (χ0v) is 13.2. The summed E-state index contributed by atoms with van der Waals surface area (Å²) in [7, 11) is 0. The topological polar surface area (TPSA) is 26.3 Å². The fourth-order valence-electron chi connectivity index (χ4n) is 2.72. The van der Waals surface area contributed by atoms with Crippen molar-refractivity contribution in [3.8, 4) is 5.75 Å². The summed E-state index contributed by atoms with van der Waals surface area (Å²) in [5.74, 6) is 1.64. The maximum Gasteiger partial charge on any atom is 0.163 e. The Balaban J connectivity index is 2.06. The fraction of sp³-hybridized carbons (Fsp3) is 0.562. The molecule has 0 atom stereocenters. The summed E-state index contributed by atoms with van der Waals surface area (Å²) in [4.78, 5) is 11.6. The quantitative estimate of drug-likeness (QED) is 0.728. The molecule has 0 saturated heterocycles. The molecule has 1 aromatic rings. The molecule has 0 aromatic heterocycles. The highest BCUT2D eigenvalue weighted by atomic mass is 79.9. The lowest BCUT2D eigenvalue weighted by Crippen LogP contribution is -2.24. The van der Waals surface area contributed by atoms with E-state index < -0.39 is 0 Å². The Morgan fingerprint density at radius 2 is 2.00 bits per heavy atom. The van der Waals surface area contributed by atoms with E-state index >= 15 is 0 Å². The molecule has 1 aliphatic carbocycles. The molecule has 0 bridgehead atoms. The predicted molar refractivity (Wildman–Crippen MR) is 80.8 cm³/mol. The van der Waals surface area contributed by atoms with Crippen molar-refractivity contribution in [2.75, 3.05) is 0 Å². The van der Waals surface area contributed by atoms with E-state index in [9.17, 15) is 4.79 Å². The van der Waals surface area contributed by atoms with Crippen molar-refractivity contribution in [1.82, 2.24) is 0 Å². The number of Topliss-reactive ketones (excluding diaryl/α,β-unsaturated/α-hetero) is 1. The second-order valence-corrected chi connectivity index (χ2v) is 6.28. The number of carbonyl (C=O) groups excluding carboxylic acids is 1. The van der Waals surface area contributed by atoms with Gasteiger partial charge in [0, 0.05) is 4.47 Å². The summed E-state index contributed by atoms with van der Waals surface area (Å²) >= 11 is 3.44. The third-order valence-electron chi connectivity index (χ3n) is 3.99. The molecule has 0 unspecified atom stereocenters. The molecule has 1 aromatic carbocycles. The predicted octanol–water partition coefficient (Wildman–Crippen LogP) is 5.00. The molecule has 0 aliphatic heterocycles. The smallest absolute Gasteiger partial charge is 0.163 e. The minimum atomic E-state index is 0.0599. The van der Waals surface area contributed by atoms with Crippen molar-refractivity contribution in [2.24, 2.45) is 5.92 Å². The standard InChI is InChI=1S/C16H21BrO2/c1-3-12-4-7-14(8-5-12)19-16-10-13(17)6-9-15(16)11(2)18/h6,9-10,12,14H,3-5,7-8H2,1-2H3. The number of halogens is 1. The number of rotatable bonds is 4. The van der Waals surface area contributed by atoms with Gasteiger partial charge in [-0.2, -0.15) is 0 Å². The van der Waals surface area contributed by atoms with Crippen molar-refractivity contribution in [3.63, 3.8) is 0 Å². The van der Waals surface area contributed by atoms with E-state index in [0.717, 1.165) is 29.0 Å². The number of ketones is 1. The van der Waals surface area contributed by atoms with Crippen LogP contribution in [0.3, 0.4) is 0 Å². The monoisotopic (exact) mass is 324 g/mol. The largest absolute Gasteiger partial charge is 0.490 e. The second kappa shape index (κ2) is 6.56. The van der Waals surface area contributed by atoms with Crippen LogP contribution < -0.4 is 4.74 Å². The molecular weight excluding hydrogens is 304 g/mol. The highest BCUT2D eigenvalue weighted by molar-refractivity contribution is 9.10. The van der Waals surface area contributed by atoms with Gasteiger partial charge in [0.2, 0.25) is 0 Å². The first-order valence-electron chi connectivity index (χ1n) is 7.07. The van der Waals surface area contributed by atoms with E-state index in [4.69, 9.17) is 4.74 Å². The number of carbonyl (C=O) groups is 1. The van der Waals surface area contributed by atoms with Crippen LogP contribution in [0.2, 0.25) is 0 Å². The van der Waals surface area contributed by atoms with Gasteiger partial charge in [0.05, 0.1) is 11.7 Å². The number of hydrogen-bond donors (Lipinski definition) is 0. The van der Waals surface area contributed by atoms with Crippen molar-refractivity contribution in [3.05, 3.63) is 28.2 Å². The Labute approximate surface area is 123 Å². The second-order valence-electron chi connectivity index (χ2n) is 5.37. The van der Waals surface area contributed by atoms with Crippen LogP contribution in [0.4, 0.5) is 0 Å². The van der Waals surface area contributed by atoms with Crippen molar-refractivity contribution in [2.45, 2.75) is 52.1 Å². The van der Waals surface area contributed by atoms with Crippen LogP contribution in [0, 0.1) is 5.92 Å². The van der Waals surface area contributed by atoms with E-state index in [1.807, 2.05) is 18.2 Å². The SMILES string of the molecule is CCC1CCC(Oc2cc(Br)ccc2C(C)=O)CC1. The zero-order chi connectivity index (χ0) is 13.8. The molecule has 19 heavy (non-hydrogen) atoms. The number of benzene rings is 1. The van der Waals surface area contributed by atoms with Gasteiger partial charge in [-0.3, -0.25) is 4.79 Å². The van der Waals surface area contributed by atoms with E-state index in [2.05, 4.69) is 22.9 Å². The van der Waals surface area contributed by atoms with Crippen LogP contribution in [0.15, 0.2) is 22.7 Å². The van der Waals surface area contributed by atoms with Crippen molar-refractivity contribution in [1.29, 1.82) is 0 Å². The average Bonchev–Trinajstić information content (AvgIpc) is 2.39. The molecule has 0 radical (unpaired) electrons. The molecule has 0 spiro atoms. The van der Waals surface area contributed by atoms with Crippen LogP contribution >= 0.6 is 15.9 Å². The highest BCUT2D eigenvalue weighted by Gasteiger charge is 2.22. The van der Waals surface area contributed by atoms with Gasteiger partial charge in [-0.25, -0.2) is 0 Å². The molecule has 3 heteroatoms. The van der Waals surface area contributed by atoms with Gasteiger partial charge in [-0.15, -0.1) is 0 Å². The van der Waals surface area contributed by atoms with Crippen LogP contribution in [-0.2, 0) is 0 Å². The molecule has 1 saturated carbocycles. The zero-order valence-electron chi connectivity index (χ0n) is 11.6. The van der Waals surface area contributed by atoms with Gasteiger partial charge < -0.3 is 4.74 Å². The lowest BCUT2D eigenvalue weighted by atomic mass is 9.86. The molecule has 0 N–H and O–H groups in total. The first-order valence-corrected chi connectivity index (χ1v) is 7.86. The number of hydrogen-bond acceptors (Lipinski definition) is 2. The van der Waals surface area contributed by atoms with E-state index in [1.165, 1.54) is 19.3 Å². The molecule has 0 heterocycles. The first-order chi connectivity index (χ1) is 9.10. The van der Waals surface area contributed by atoms with E-state index in [-0.39, 0.29) is 11.9 Å². The molecule has 0 amide bonds. The third-order valence-corrected chi connectivity index (χ3v) is 4.48. The van der Waals surface area contributed by atoms with Crippen LogP contribution in [0.1, 0.15) is 56.3 Å². The van der Waals surface area contributed by atoms with Crippen molar-refractivity contribution >= 4 is 21.7 Å². The van der Waals surface area contributed by atoms with Gasteiger partial charge in [0.25, 0.3) is 0 Å². The summed E-state index contributed by atoms with van der Waals surface area (Å²) in [6.07, 6.45) is 6.21. The minimum absolute atomic E-state index is 0.0599. The van der Waals surface area contributed by atoms with E-state index in [0.29, 0.717) is 5.56 Å². The van der Waals surface area contributed by atoms with Gasteiger partial charge >= 0.3 is 0 Å². The van der Waals surface area contributed by atoms with Gasteiger partial charge in [0.1, 0.15) is 5.75 Å². The summed E-state index contributed by atoms with van der Waals surface area (Å²) in [6, 6.07) is 5.62. The molecule has 1 aliphatic rings. The Morgan fingerprint density at radius 1 is 1.32 bits per heavy atom. The van der Waals surface area contributed by atoms with E-state index in [1.54, 1.807) is 6.92 Å². The maximum atomic E-state index is 11.6. The Morgan fingerprint density at radius 3 is 2.58 bits per heavy atom. The summed E-state index contributed by atoms with van der Waals surface area (Å²) in [6.45, 7) is 3.85. The molecular formula is C16H21BrO2.